The first kappa shape index (κ1) is 16.9. The molecule has 2 rings (SSSR count). The van der Waals surface area contributed by atoms with Crippen LogP contribution in [0.3, 0.4) is 0 Å². The van der Waals surface area contributed by atoms with Crippen molar-refractivity contribution >= 4 is 27.0 Å². The molecular weight excluding hydrogens is 318 g/mol. The van der Waals surface area contributed by atoms with Crippen LogP contribution in [0.5, 0.6) is 0 Å². The van der Waals surface area contributed by atoms with Gasteiger partial charge in [0.1, 0.15) is 5.01 Å². The summed E-state index contributed by atoms with van der Waals surface area (Å²) >= 11 is 1.47. The van der Waals surface area contributed by atoms with Gasteiger partial charge >= 0.3 is 0 Å². The summed E-state index contributed by atoms with van der Waals surface area (Å²) < 4.78 is 26.8. The standard InChI is InChI=1S/C15H21N3O2S2/c1-11-6-7-13(8-14(11)17(3)4)22(19,20)18(5)9-15-16-12(2)10-21-15/h6-8,10H,9H2,1-5H3. The number of nitrogens with zero attached hydrogens (tertiary/aromatic N) is 3. The molecule has 0 amide bonds. The zero-order valence-corrected chi connectivity index (χ0v) is 15.1. The Hall–Kier alpha value is -1.44. The molecule has 0 unspecified atom stereocenters. The average molecular weight is 339 g/mol. The largest absolute Gasteiger partial charge is 0.377 e. The molecule has 7 heteroatoms. The van der Waals surface area contributed by atoms with Crippen molar-refractivity contribution in [2.75, 3.05) is 26.0 Å². The minimum atomic E-state index is -3.53. The van der Waals surface area contributed by atoms with Crippen LogP contribution in [0.1, 0.15) is 16.3 Å². The Bertz CT molecular complexity index is 767. The first-order chi connectivity index (χ1) is 10.2. The first-order valence-electron chi connectivity index (χ1n) is 6.87. The van der Waals surface area contributed by atoms with Crippen molar-refractivity contribution in [2.24, 2.45) is 0 Å². The molecule has 0 aliphatic carbocycles. The number of hydrogen-bond acceptors (Lipinski definition) is 5. The Kier molecular flexibility index (Phi) is 4.89. The van der Waals surface area contributed by atoms with E-state index in [0.29, 0.717) is 4.90 Å². The zero-order valence-electron chi connectivity index (χ0n) is 13.5. The number of sulfonamides is 1. The van der Waals surface area contributed by atoms with Gasteiger partial charge in [0.25, 0.3) is 0 Å². The van der Waals surface area contributed by atoms with Crippen molar-refractivity contribution in [3.8, 4) is 0 Å². The number of aryl methyl sites for hydroxylation is 2. The molecule has 0 aliphatic heterocycles. The molecule has 5 nitrogen and oxygen atoms in total. The van der Waals surface area contributed by atoms with E-state index in [1.807, 2.05) is 44.3 Å². The third-order valence-corrected chi connectivity index (χ3v) is 6.15. The minimum absolute atomic E-state index is 0.284. The van der Waals surface area contributed by atoms with Gasteiger partial charge in [-0.2, -0.15) is 4.31 Å². The van der Waals surface area contributed by atoms with E-state index >= 15 is 0 Å². The van der Waals surface area contributed by atoms with Gasteiger partial charge in [0, 0.05) is 37.9 Å². The number of anilines is 1. The molecule has 0 fully saturated rings. The molecular formula is C15H21N3O2S2. The highest BCUT2D eigenvalue weighted by atomic mass is 32.2. The summed E-state index contributed by atoms with van der Waals surface area (Å²) in [6.07, 6.45) is 0. The summed E-state index contributed by atoms with van der Waals surface area (Å²) in [5.74, 6) is 0. The van der Waals surface area contributed by atoms with E-state index in [-0.39, 0.29) is 6.54 Å². The van der Waals surface area contributed by atoms with Crippen LogP contribution in [0.2, 0.25) is 0 Å². The summed E-state index contributed by atoms with van der Waals surface area (Å²) in [4.78, 5) is 6.54. The second-order valence-corrected chi connectivity index (χ2v) is 8.47. The van der Waals surface area contributed by atoms with Crippen LogP contribution in [0.25, 0.3) is 0 Å². The fourth-order valence-electron chi connectivity index (χ4n) is 2.16. The van der Waals surface area contributed by atoms with Crippen molar-refractivity contribution < 1.29 is 8.42 Å². The highest BCUT2D eigenvalue weighted by Gasteiger charge is 2.23. The van der Waals surface area contributed by atoms with Gasteiger partial charge in [0.2, 0.25) is 10.0 Å². The predicted octanol–water partition coefficient (Wildman–Crippen LogP) is 2.65. The van der Waals surface area contributed by atoms with Crippen LogP contribution in [-0.4, -0.2) is 38.9 Å². The maximum atomic E-state index is 12.7. The Morgan fingerprint density at radius 3 is 2.41 bits per heavy atom. The molecule has 0 radical (unpaired) electrons. The molecule has 0 saturated carbocycles. The van der Waals surface area contributed by atoms with E-state index in [9.17, 15) is 8.42 Å². The molecule has 1 heterocycles. The molecule has 0 bridgehead atoms. The Morgan fingerprint density at radius 2 is 1.86 bits per heavy atom. The SMILES string of the molecule is Cc1csc(CN(C)S(=O)(=O)c2ccc(C)c(N(C)C)c2)n1. The van der Waals surface area contributed by atoms with Gasteiger partial charge in [-0.1, -0.05) is 6.07 Å². The van der Waals surface area contributed by atoms with Gasteiger partial charge in [0.05, 0.1) is 11.4 Å². The second kappa shape index (κ2) is 6.36. The van der Waals surface area contributed by atoms with Gasteiger partial charge < -0.3 is 4.90 Å². The van der Waals surface area contributed by atoms with Crippen molar-refractivity contribution in [1.82, 2.24) is 9.29 Å². The molecule has 0 atom stereocenters. The molecule has 0 N–H and O–H groups in total. The molecule has 1 aromatic heterocycles. The number of hydrogen-bond donors (Lipinski definition) is 0. The summed E-state index contributed by atoms with van der Waals surface area (Å²) in [7, 11) is 1.86. The summed E-state index contributed by atoms with van der Waals surface area (Å²) in [6.45, 7) is 4.15. The van der Waals surface area contributed by atoms with E-state index in [1.54, 1.807) is 19.2 Å². The van der Waals surface area contributed by atoms with Crippen LogP contribution >= 0.6 is 11.3 Å². The van der Waals surface area contributed by atoms with Crippen LogP contribution in [-0.2, 0) is 16.6 Å². The highest BCUT2D eigenvalue weighted by molar-refractivity contribution is 7.89. The molecule has 1 aromatic carbocycles. The second-order valence-electron chi connectivity index (χ2n) is 5.49. The lowest BCUT2D eigenvalue weighted by molar-refractivity contribution is 0.465. The lowest BCUT2D eigenvalue weighted by Crippen LogP contribution is -2.26. The average Bonchev–Trinajstić information content (AvgIpc) is 2.84. The third kappa shape index (κ3) is 3.48. The van der Waals surface area contributed by atoms with Crippen molar-refractivity contribution in [3.63, 3.8) is 0 Å². The number of thiazole rings is 1. The van der Waals surface area contributed by atoms with Crippen molar-refractivity contribution in [3.05, 3.63) is 39.8 Å². The van der Waals surface area contributed by atoms with E-state index in [4.69, 9.17) is 0 Å². The predicted molar refractivity (Wildman–Crippen MR) is 91.0 cm³/mol. The quantitative estimate of drug-likeness (QED) is 0.840. The van der Waals surface area contributed by atoms with Gasteiger partial charge in [-0.25, -0.2) is 13.4 Å². The zero-order chi connectivity index (χ0) is 16.5. The molecule has 0 spiro atoms. The maximum absolute atomic E-state index is 12.7. The third-order valence-electron chi connectivity index (χ3n) is 3.40. The fraction of sp³-hybridized carbons (Fsp3) is 0.400. The Labute approximate surface area is 136 Å². The Morgan fingerprint density at radius 1 is 1.18 bits per heavy atom. The Balaban J connectivity index is 2.31. The van der Waals surface area contributed by atoms with E-state index in [0.717, 1.165) is 22.0 Å². The van der Waals surface area contributed by atoms with Crippen LogP contribution in [0.15, 0.2) is 28.5 Å². The summed E-state index contributed by atoms with van der Waals surface area (Å²) in [6, 6.07) is 5.21. The van der Waals surface area contributed by atoms with Gasteiger partial charge in [-0.05, 0) is 31.5 Å². The normalized spacial score (nSPS) is 11.9. The minimum Gasteiger partial charge on any atom is -0.377 e. The highest BCUT2D eigenvalue weighted by Crippen LogP contribution is 2.25. The maximum Gasteiger partial charge on any atom is 0.243 e. The monoisotopic (exact) mass is 339 g/mol. The smallest absolute Gasteiger partial charge is 0.243 e. The van der Waals surface area contributed by atoms with E-state index < -0.39 is 10.0 Å². The first-order valence-corrected chi connectivity index (χ1v) is 9.19. The number of benzene rings is 1. The molecule has 0 saturated heterocycles. The topological polar surface area (TPSA) is 53.5 Å². The molecule has 0 aliphatic rings. The molecule has 120 valence electrons. The lowest BCUT2D eigenvalue weighted by atomic mass is 10.2. The van der Waals surface area contributed by atoms with E-state index in [1.165, 1.54) is 15.6 Å². The molecule has 22 heavy (non-hydrogen) atoms. The number of rotatable bonds is 5. The summed E-state index contributed by atoms with van der Waals surface area (Å²) in [5, 5.41) is 2.72. The van der Waals surface area contributed by atoms with Crippen molar-refractivity contribution in [2.45, 2.75) is 25.3 Å². The molecule has 2 aromatic rings. The van der Waals surface area contributed by atoms with Crippen LogP contribution < -0.4 is 4.90 Å². The van der Waals surface area contributed by atoms with E-state index in [2.05, 4.69) is 4.98 Å². The lowest BCUT2D eigenvalue weighted by Gasteiger charge is -2.20. The number of aromatic nitrogens is 1. The fourth-order valence-corrected chi connectivity index (χ4v) is 4.22. The van der Waals surface area contributed by atoms with Crippen LogP contribution in [0, 0.1) is 13.8 Å². The van der Waals surface area contributed by atoms with Crippen molar-refractivity contribution in [1.29, 1.82) is 0 Å². The van der Waals surface area contributed by atoms with Crippen LogP contribution in [0.4, 0.5) is 5.69 Å². The van der Waals surface area contributed by atoms with Gasteiger partial charge in [-0.15, -0.1) is 11.3 Å². The van der Waals surface area contributed by atoms with Gasteiger partial charge in [-0.3, -0.25) is 0 Å². The van der Waals surface area contributed by atoms with Gasteiger partial charge in [0.15, 0.2) is 0 Å². The summed E-state index contributed by atoms with van der Waals surface area (Å²) in [5.41, 5.74) is 2.86.